The van der Waals surface area contributed by atoms with E-state index in [-0.39, 0.29) is 24.0 Å². The zero-order chi connectivity index (χ0) is 19.1. The molecular weight excluding hydrogens is 461 g/mol. The summed E-state index contributed by atoms with van der Waals surface area (Å²) in [5.74, 6) is 2.33. The topological polar surface area (TPSA) is 52.6 Å². The normalized spacial score (nSPS) is 15.1. The molecule has 0 aliphatic carbocycles. The largest absolute Gasteiger partial charge is 0.357 e. The number of rotatable bonds is 6. The second-order valence-corrected chi connectivity index (χ2v) is 7.34. The SMILES string of the molecule is CN=C(NCc1ccc(N2CCCC2)nc1)NCC(C)c1cccc(C)c1.I. The Morgan fingerprint density at radius 1 is 1.18 bits per heavy atom. The number of aromatic nitrogens is 1. The van der Waals surface area contributed by atoms with Crippen LogP contribution < -0.4 is 15.5 Å². The van der Waals surface area contributed by atoms with Crippen LogP contribution in [0.1, 0.15) is 42.4 Å². The highest BCUT2D eigenvalue weighted by molar-refractivity contribution is 14.0. The van der Waals surface area contributed by atoms with Gasteiger partial charge in [-0.05, 0) is 42.9 Å². The number of guanidine groups is 1. The number of hydrogen-bond donors (Lipinski definition) is 2. The van der Waals surface area contributed by atoms with E-state index in [2.05, 4.69) is 75.8 Å². The summed E-state index contributed by atoms with van der Waals surface area (Å²) in [4.78, 5) is 11.3. The molecule has 1 aromatic carbocycles. The van der Waals surface area contributed by atoms with Crippen LogP contribution in [0.15, 0.2) is 47.6 Å². The van der Waals surface area contributed by atoms with Gasteiger partial charge in [0.15, 0.2) is 5.96 Å². The molecule has 1 aromatic heterocycles. The maximum atomic E-state index is 4.61. The number of nitrogens with zero attached hydrogens (tertiary/aromatic N) is 3. The van der Waals surface area contributed by atoms with Gasteiger partial charge in [-0.1, -0.05) is 42.8 Å². The lowest BCUT2D eigenvalue weighted by atomic mass is 9.99. The summed E-state index contributed by atoms with van der Waals surface area (Å²) in [6.45, 7) is 8.17. The molecule has 1 aliphatic heterocycles. The Kier molecular flexibility index (Phi) is 9.02. The molecule has 0 spiro atoms. The van der Waals surface area contributed by atoms with E-state index in [1.165, 1.54) is 24.0 Å². The minimum atomic E-state index is 0. The molecule has 3 rings (SSSR count). The van der Waals surface area contributed by atoms with Crippen LogP contribution in [0.25, 0.3) is 0 Å². The van der Waals surface area contributed by atoms with E-state index in [9.17, 15) is 0 Å². The predicted molar refractivity (Wildman–Crippen MR) is 129 cm³/mol. The Morgan fingerprint density at radius 2 is 1.96 bits per heavy atom. The van der Waals surface area contributed by atoms with Crippen LogP contribution in [0.5, 0.6) is 0 Å². The number of halogens is 1. The number of hydrogen-bond acceptors (Lipinski definition) is 3. The average Bonchev–Trinajstić information content (AvgIpc) is 3.23. The van der Waals surface area contributed by atoms with Gasteiger partial charge in [0.1, 0.15) is 5.82 Å². The van der Waals surface area contributed by atoms with Gasteiger partial charge in [0.05, 0.1) is 0 Å². The van der Waals surface area contributed by atoms with Crippen LogP contribution in [0, 0.1) is 6.92 Å². The molecule has 0 saturated carbocycles. The molecule has 1 atom stereocenters. The van der Waals surface area contributed by atoms with Gasteiger partial charge >= 0.3 is 0 Å². The minimum Gasteiger partial charge on any atom is -0.357 e. The molecule has 1 saturated heterocycles. The van der Waals surface area contributed by atoms with Gasteiger partial charge in [-0.15, -0.1) is 24.0 Å². The third kappa shape index (κ3) is 6.36. The lowest BCUT2D eigenvalue weighted by Gasteiger charge is -2.18. The van der Waals surface area contributed by atoms with Crippen molar-refractivity contribution in [2.45, 2.75) is 39.2 Å². The first-order chi connectivity index (χ1) is 13.2. The molecule has 2 aromatic rings. The van der Waals surface area contributed by atoms with Crippen molar-refractivity contribution in [1.29, 1.82) is 0 Å². The molecule has 0 radical (unpaired) electrons. The Labute approximate surface area is 186 Å². The van der Waals surface area contributed by atoms with E-state index >= 15 is 0 Å². The van der Waals surface area contributed by atoms with Crippen LogP contribution in [0.4, 0.5) is 5.82 Å². The summed E-state index contributed by atoms with van der Waals surface area (Å²) < 4.78 is 0. The molecule has 1 fully saturated rings. The van der Waals surface area contributed by atoms with Crippen molar-refractivity contribution >= 4 is 35.8 Å². The summed E-state index contributed by atoms with van der Waals surface area (Å²) in [5, 5.41) is 6.80. The number of aliphatic imine (C=N–C) groups is 1. The first-order valence-corrected chi connectivity index (χ1v) is 9.86. The van der Waals surface area contributed by atoms with E-state index in [0.29, 0.717) is 12.5 Å². The fourth-order valence-corrected chi connectivity index (χ4v) is 3.41. The van der Waals surface area contributed by atoms with Gasteiger partial charge in [0.25, 0.3) is 0 Å². The zero-order valence-corrected chi connectivity index (χ0v) is 19.4. The molecule has 2 heterocycles. The lowest BCUT2D eigenvalue weighted by molar-refractivity contribution is 0.698. The fraction of sp³-hybridized carbons (Fsp3) is 0.455. The van der Waals surface area contributed by atoms with E-state index in [4.69, 9.17) is 0 Å². The van der Waals surface area contributed by atoms with Gasteiger partial charge in [0, 0.05) is 39.4 Å². The molecule has 5 nitrogen and oxygen atoms in total. The molecule has 152 valence electrons. The number of pyridine rings is 1. The van der Waals surface area contributed by atoms with Crippen LogP contribution in [0.2, 0.25) is 0 Å². The van der Waals surface area contributed by atoms with Gasteiger partial charge in [-0.2, -0.15) is 0 Å². The summed E-state index contributed by atoms with van der Waals surface area (Å²) in [6.07, 6.45) is 4.51. The molecule has 6 heteroatoms. The second-order valence-electron chi connectivity index (χ2n) is 7.34. The molecule has 0 bridgehead atoms. The number of nitrogens with one attached hydrogen (secondary N) is 2. The molecular formula is C22H32IN5. The first kappa shape index (κ1) is 22.5. The van der Waals surface area contributed by atoms with Crippen LogP contribution in [0.3, 0.4) is 0 Å². The molecule has 28 heavy (non-hydrogen) atoms. The summed E-state index contributed by atoms with van der Waals surface area (Å²) in [5.41, 5.74) is 3.80. The van der Waals surface area contributed by atoms with Crippen molar-refractivity contribution < 1.29 is 0 Å². The highest BCUT2D eigenvalue weighted by atomic mass is 127. The first-order valence-electron chi connectivity index (χ1n) is 9.86. The standard InChI is InChI=1S/C22H31N5.HI/c1-17-7-6-8-20(13-17)18(2)14-25-22(23-3)26-16-19-9-10-21(24-15-19)27-11-4-5-12-27;/h6-10,13,15,18H,4-5,11-12,14,16H2,1-3H3,(H2,23,25,26);1H. The van der Waals surface area contributed by atoms with Crippen LogP contribution in [-0.2, 0) is 6.54 Å². The van der Waals surface area contributed by atoms with Gasteiger partial charge in [-0.25, -0.2) is 4.98 Å². The zero-order valence-electron chi connectivity index (χ0n) is 17.1. The lowest BCUT2D eigenvalue weighted by Crippen LogP contribution is -2.38. The Balaban J connectivity index is 0.00000280. The van der Waals surface area contributed by atoms with Crippen molar-refractivity contribution in [2.24, 2.45) is 4.99 Å². The maximum absolute atomic E-state index is 4.61. The highest BCUT2D eigenvalue weighted by Crippen LogP contribution is 2.17. The van der Waals surface area contributed by atoms with Crippen molar-refractivity contribution in [2.75, 3.05) is 31.6 Å². The predicted octanol–water partition coefficient (Wildman–Crippen LogP) is 4.08. The van der Waals surface area contributed by atoms with Crippen molar-refractivity contribution in [1.82, 2.24) is 15.6 Å². The van der Waals surface area contributed by atoms with Crippen LogP contribution in [-0.4, -0.2) is 37.6 Å². The Morgan fingerprint density at radius 3 is 2.61 bits per heavy atom. The average molecular weight is 493 g/mol. The molecule has 1 unspecified atom stereocenters. The quantitative estimate of drug-likeness (QED) is 0.362. The van der Waals surface area contributed by atoms with Gasteiger partial charge in [-0.3, -0.25) is 4.99 Å². The Hall–Kier alpha value is -1.83. The van der Waals surface area contributed by atoms with Gasteiger partial charge < -0.3 is 15.5 Å². The third-order valence-electron chi connectivity index (χ3n) is 5.11. The second kappa shape index (κ2) is 11.2. The number of anilines is 1. The minimum absolute atomic E-state index is 0. The molecule has 1 aliphatic rings. The highest BCUT2D eigenvalue weighted by Gasteiger charge is 2.13. The Bertz CT molecular complexity index is 754. The summed E-state index contributed by atoms with van der Waals surface area (Å²) in [6, 6.07) is 13.0. The van der Waals surface area contributed by atoms with E-state index in [1.807, 2.05) is 6.20 Å². The number of benzene rings is 1. The molecule has 2 N–H and O–H groups in total. The van der Waals surface area contributed by atoms with Crippen molar-refractivity contribution in [3.8, 4) is 0 Å². The monoisotopic (exact) mass is 493 g/mol. The van der Waals surface area contributed by atoms with E-state index in [0.717, 1.165) is 37.0 Å². The molecule has 0 amide bonds. The summed E-state index contributed by atoms with van der Waals surface area (Å²) >= 11 is 0. The van der Waals surface area contributed by atoms with Crippen LogP contribution >= 0.6 is 24.0 Å². The maximum Gasteiger partial charge on any atom is 0.191 e. The van der Waals surface area contributed by atoms with Gasteiger partial charge in [0.2, 0.25) is 0 Å². The smallest absolute Gasteiger partial charge is 0.191 e. The summed E-state index contributed by atoms with van der Waals surface area (Å²) in [7, 11) is 1.81. The third-order valence-corrected chi connectivity index (χ3v) is 5.11. The fourth-order valence-electron chi connectivity index (χ4n) is 3.41. The number of aryl methyl sites for hydroxylation is 1. The van der Waals surface area contributed by atoms with E-state index < -0.39 is 0 Å². The van der Waals surface area contributed by atoms with E-state index in [1.54, 1.807) is 7.05 Å². The van der Waals surface area contributed by atoms with Crippen molar-refractivity contribution in [3.63, 3.8) is 0 Å². The van der Waals surface area contributed by atoms with Crippen molar-refractivity contribution in [3.05, 3.63) is 59.3 Å².